The third-order valence-corrected chi connectivity index (χ3v) is 4.08. The number of amides is 1. The molecule has 2 rings (SSSR count). The quantitative estimate of drug-likeness (QED) is 0.752. The number of thioether (sulfide) groups is 1. The number of nitrogens with zero attached hydrogens (tertiary/aromatic N) is 3. The number of carbonyl (C=O) groups is 1. The normalized spacial score (nSPS) is 12.3. The molecule has 0 saturated heterocycles. The highest BCUT2D eigenvalue weighted by molar-refractivity contribution is 8.00. The van der Waals surface area contributed by atoms with Gasteiger partial charge in [0.2, 0.25) is 5.91 Å². The summed E-state index contributed by atoms with van der Waals surface area (Å²) in [5.41, 5.74) is -0.254. The lowest BCUT2D eigenvalue weighted by Crippen LogP contribution is -2.24. The molecular formula is C13H19N5O3S. The topological polar surface area (TPSA) is 106 Å². The SMILES string of the molecule is CCCCn1c(S[C@@H](C)C(=O)Nc2cc(C)on2)n[nH]c1=O. The molecule has 1 atom stereocenters. The molecule has 9 heteroatoms. The van der Waals surface area contributed by atoms with E-state index >= 15 is 0 Å². The first-order chi connectivity index (χ1) is 10.5. The fourth-order valence-electron chi connectivity index (χ4n) is 1.77. The minimum atomic E-state index is -0.424. The Morgan fingerprint density at radius 1 is 1.59 bits per heavy atom. The average molecular weight is 325 g/mol. The predicted molar refractivity (Wildman–Crippen MR) is 82.9 cm³/mol. The number of H-pyrrole nitrogens is 1. The second kappa shape index (κ2) is 7.30. The highest BCUT2D eigenvalue weighted by Crippen LogP contribution is 2.21. The number of aromatic nitrogens is 4. The molecule has 0 unspecified atom stereocenters. The number of nitrogens with one attached hydrogen (secondary N) is 2. The number of aryl methyl sites for hydroxylation is 1. The largest absolute Gasteiger partial charge is 0.360 e. The first-order valence-electron chi connectivity index (χ1n) is 7.07. The van der Waals surface area contributed by atoms with Gasteiger partial charge in [0.1, 0.15) is 5.76 Å². The maximum atomic E-state index is 12.1. The molecular weight excluding hydrogens is 306 g/mol. The molecule has 0 spiro atoms. The van der Waals surface area contributed by atoms with E-state index in [0.29, 0.717) is 23.3 Å². The van der Waals surface area contributed by atoms with Gasteiger partial charge < -0.3 is 9.84 Å². The van der Waals surface area contributed by atoms with Gasteiger partial charge in [0.25, 0.3) is 0 Å². The Morgan fingerprint density at radius 2 is 2.36 bits per heavy atom. The molecule has 0 saturated carbocycles. The maximum Gasteiger partial charge on any atom is 0.343 e. The van der Waals surface area contributed by atoms with Crippen molar-refractivity contribution < 1.29 is 9.32 Å². The minimum Gasteiger partial charge on any atom is -0.360 e. The van der Waals surface area contributed by atoms with Crippen LogP contribution in [0.5, 0.6) is 0 Å². The van der Waals surface area contributed by atoms with Crippen LogP contribution >= 0.6 is 11.8 Å². The summed E-state index contributed by atoms with van der Waals surface area (Å²) in [6, 6.07) is 1.64. The molecule has 0 aliphatic heterocycles. The van der Waals surface area contributed by atoms with Crippen molar-refractivity contribution in [3.63, 3.8) is 0 Å². The van der Waals surface area contributed by atoms with Crippen molar-refractivity contribution in [1.29, 1.82) is 0 Å². The predicted octanol–water partition coefficient (Wildman–Crippen LogP) is 1.79. The third kappa shape index (κ3) is 4.00. The zero-order valence-electron chi connectivity index (χ0n) is 12.8. The molecule has 0 aliphatic rings. The van der Waals surface area contributed by atoms with Crippen molar-refractivity contribution in [2.75, 3.05) is 5.32 Å². The Kier molecular flexibility index (Phi) is 5.42. The van der Waals surface area contributed by atoms with E-state index in [4.69, 9.17) is 4.52 Å². The fraction of sp³-hybridized carbons (Fsp3) is 0.538. The molecule has 2 aromatic heterocycles. The van der Waals surface area contributed by atoms with Gasteiger partial charge in [-0.05, 0) is 20.3 Å². The number of hydrogen-bond acceptors (Lipinski definition) is 6. The number of aromatic amines is 1. The van der Waals surface area contributed by atoms with E-state index in [-0.39, 0.29) is 11.6 Å². The lowest BCUT2D eigenvalue weighted by Gasteiger charge is -2.10. The number of hydrogen-bond donors (Lipinski definition) is 2. The number of carbonyl (C=O) groups excluding carboxylic acids is 1. The molecule has 0 aliphatic carbocycles. The summed E-state index contributed by atoms with van der Waals surface area (Å²) in [5, 5.41) is 12.9. The van der Waals surface area contributed by atoms with Crippen LogP contribution in [0.15, 0.2) is 20.5 Å². The highest BCUT2D eigenvalue weighted by atomic mass is 32.2. The van der Waals surface area contributed by atoms with E-state index in [9.17, 15) is 9.59 Å². The van der Waals surface area contributed by atoms with E-state index in [0.717, 1.165) is 12.8 Å². The van der Waals surface area contributed by atoms with Gasteiger partial charge >= 0.3 is 5.69 Å². The molecule has 2 heterocycles. The Hall–Kier alpha value is -2.03. The van der Waals surface area contributed by atoms with Crippen LogP contribution in [0.1, 0.15) is 32.4 Å². The molecule has 8 nitrogen and oxygen atoms in total. The van der Waals surface area contributed by atoms with E-state index in [2.05, 4.69) is 20.7 Å². The summed E-state index contributed by atoms with van der Waals surface area (Å²) in [4.78, 5) is 23.8. The van der Waals surface area contributed by atoms with E-state index in [1.165, 1.54) is 11.8 Å². The van der Waals surface area contributed by atoms with Crippen molar-refractivity contribution in [1.82, 2.24) is 19.9 Å². The van der Waals surface area contributed by atoms with Crippen molar-refractivity contribution in [3.8, 4) is 0 Å². The Balaban J connectivity index is 2.00. The molecule has 120 valence electrons. The number of anilines is 1. The summed E-state index contributed by atoms with van der Waals surface area (Å²) in [6.45, 7) is 6.13. The van der Waals surface area contributed by atoms with E-state index in [1.807, 2.05) is 6.92 Å². The smallest absolute Gasteiger partial charge is 0.343 e. The van der Waals surface area contributed by atoms with Crippen LogP contribution < -0.4 is 11.0 Å². The number of unbranched alkanes of at least 4 members (excludes halogenated alkanes) is 1. The lowest BCUT2D eigenvalue weighted by atomic mass is 10.3. The van der Waals surface area contributed by atoms with Crippen LogP contribution in [0, 0.1) is 6.92 Å². The summed E-state index contributed by atoms with van der Waals surface area (Å²) in [6.07, 6.45) is 1.86. The Bertz CT molecular complexity index is 690. The van der Waals surface area contributed by atoms with Crippen LogP contribution in [0.2, 0.25) is 0 Å². The molecule has 2 aromatic rings. The standard InChI is InChI=1S/C13H19N5O3S/c1-4-5-6-18-12(20)15-16-13(18)22-9(3)11(19)14-10-7-8(2)21-17-10/h7,9H,4-6H2,1-3H3,(H,15,20)(H,14,17,19)/t9-/m0/s1. The molecule has 0 aromatic carbocycles. The first-order valence-corrected chi connectivity index (χ1v) is 7.95. The zero-order chi connectivity index (χ0) is 16.1. The summed E-state index contributed by atoms with van der Waals surface area (Å²) >= 11 is 1.23. The summed E-state index contributed by atoms with van der Waals surface area (Å²) < 4.78 is 6.45. The van der Waals surface area contributed by atoms with Crippen LogP contribution in [0.25, 0.3) is 0 Å². The van der Waals surface area contributed by atoms with E-state index < -0.39 is 5.25 Å². The van der Waals surface area contributed by atoms with Gasteiger partial charge in [-0.15, -0.1) is 5.10 Å². The van der Waals surface area contributed by atoms with Crippen LogP contribution in [0.3, 0.4) is 0 Å². The van der Waals surface area contributed by atoms with Gasteiger partial charge in [0.15, 0.2) is 11.0 Å². The summed E-state index contributed by atoms with van der Waals surface area (Å²) in [7, 11) is 0. The molecule has 1 amide bonds. The van der Waals surface area contributed by atoms with Crippen molar-refractivity contribution >= 4 is 23.5 Å². The van der Waals surface area contributed by atoms with Gasteiger partial charge in [-0.3, -0.25) is 9.36 Å². The number of rotatable bonds is 7. The molecule has 2 N–H and O–H groups in total. The lowest BCUT2D eigenvalue weighted by molar-refractivity contribution is -0.115. The Labute approximate surface area is 131 Å². The Morgan fingerprint density at radius 3 is 3.00 bits per heavy atom. The van der Waals surface area contributed by atoms with Crippen molar-refractivity contribution in [3.05, 3.63) is 22.3 Å². The van der Waals surface area contributed by atoms with Crippen LogP contribution in [-0.4, -0.2) is 31.1 Å². The maximum absolute atomic E-state index is 12.1. The van der Waals surface area contributed by atoms with Crippen molar-refractivity contribution in [2.45, 2.75) is 50.6 Å². The average Bonchev–Trinajstić information content (AvgIpc) is 3.03. The minimum absolute atomic E-state index is 0.226. The van der Waals surface area contributed by atoms with Gasteiger partial charge in [-0.1, -0.05) is 30.3 Å². The van der Waals surface area contributed by atoms with Gasteiger partial charge in [0.05, 0.1) is 5.25 Å². The molecule has 0 bridgehead atoms. The second-order valence-corrected chi connectivity index (χ2v) is 6.20. The van der Waals surface area contributed by atoms with Crippen LogP contribution in [-0.2, 0) is 11.3 Å². The third-order valence-electron chi connectivity index (χ3n) is 2.99. The van der Waals surface area contributed by atoms with Crippen molar-refractivity contribution in [2.24, 2.45) is 0 Å². The van der Waals surface area contributed by atoms with Gasteiger partial charge in [-0.25, -0.2) is 9.89 Å². The molecule has 0 radical (unpaired) electrons. The monoisotopic (exact) mass is 325 g/mol. The van der Waals surface area contributed by atoms with Gasteiger partial charge in [-0.2, -0.15) is 0 Å². The van der Waals surface area contributed by atoms with Gasteiger partial charge in [0, 0.05) is 12.6 Å². The summed E-state index contributed by atoms with van der Waals surface area (Å²) in [5.74, 6) is 0.771. The van der Waals surface area contributed by atoms with Crippen LogP contribution in [0.4, 0.5) is 5.82 Å². The van der Waals surface area contributed by atoms with E-state index in [1.54, 1.807) is 24.5 Å². The molecule has 22 heavy (non-hydrogen) atoms. The fourth-order valence-corrected chi connectivity index (χ4v) is 2.65. The first kappa shape index (κ1) is 16.3. The highest BCUT2D eigenvalue weighted by Gasteiger charge is 2.19. The second-order valence-electron chi connectivity index (χ2n) is 4.89. The zero-order valence-corrected chi connectivity index (χ0v) is 13.6. The molecule has 0 fully saturated rings.